The Hall–Kier alpha value is -3.33. The quantitative estimate of drug-likeness (QED) is 0.602. The molecule has 3 aromatic rings. The van der Waals surface area contributed by atoms with Crippen LogP contribution in [0.25, 0.3) is 16.8 Å². The van der Waals surface area contributed by atoms with E-state index in [0.717, 1.165) is 25.2 Å². The lowest BCUT2D eigenvalue weighted by atomic mass is 9.88. The molecule has 1 aromatic heterocycles. The normalized spacial score (nSPS) is 14.4. The summed E-state index contributed by atoms with van der Waals surface area (Å²) in [6, 6.07) is 8.90. The number of fused-ring (bicyclic) bond motifs is 1. The van der Waals surface area contributed by atoms with Crippen LogP contribution in [0.2, 0.25) is 0 Å². The zero-order chi connectivity index (χ0) is 23.0. The molecule has 32 heavy (non-hydrogen) atoms. The summed E-state index contributed by atoms with van der Waals surface area (Å²) in [6.07, 6.45) is -3.95. The van der Waals surface area contributed by atoms with Crippen molar-refractivity contribution in [3.8, 4) is 22.6 Å². The zero-order valence-corrected chi connectivity index (χ0v) is 17.4. The number of benzene rings is 2. The zero-order valence-electron chi connectivity index (χ0n) is 17.4. The average molecular weight is 446 g/mol. The summed E-state index contributed by atoms with van der Waals surface area (Å²) in [5, 5.41) is 14.9. The number of aromatic nitrogens is 2. The molecule has 0 fully saturated rings. The number of nitrogens with zero attached hydrogens (tertiary/aromatic N) is 2. The fourth-order valence-electron chi connectivity index (χ4n) is 3.99. The van der Waals surface area contributed by atoms with Crippen LogP contribution in [0, 0.1) is 6.92 Å². The van der Waals surface area contributed by atoms with Gasteiger partial charge in [-0.1, -0.05) is 6.07 Å². The van der Waals surface area contributed by atoms with Crippen molar-refractivity contribution in [3.63, 3.8) is 0 Å². The van der Waals surface area contributed by atoms with Crippen molar-refractivity contribution in [3.05, 3.63) is 65.0 Å². The van der Waals surface area contributed by atoms with Crippen molar-refractivity contribution in [2.75, 3.05) is 13.7 Å². The van der Waals surface area contributed by atoms with Crippen molar-refractivity contribution in [1.82, 2.24) is 9.78 Å². The van der Waals surface area contributed by atoms with Gasteiger partial charge in [0.1, 0.15) is 5.75 Å². The lowest BCUT2D eigenvalue weighted by Crippen LogP contribution is -2.21. The number of methoxy groups -OCH3 is 1. The summed E-state index contributed by atoms with van der Waals surface area (Å²) in [5.74, 6) is -0.522. The molecule has 1 aliphatic rings. The molecular weight excluding hydrogens is 425 g/mol. The maximum atomic E-state index is 14.0. The summed E-state index contributed by atoms with van der Waals surface area (Å²) < 4.78 is 53.6. The number of halogens is 3. The first-order valence-corrected chi connectivity index (χ1v) is 9.99. The van der Waals surface area contributed by atoms with Crippen LogP contribution >= 0.6 is 0 Å². The highest BCUT2D eigenvalue weighted by molar-refractivity contribution is 5.86. The average Bonchev–Trinajstić information content (AvgIpc) is 3.21. The molecule has 0 radical (unpaired) electrons. The fraction of sp³-hybridized carbons (Fsp3) is 0.304. The Balaban J connectivity index is 2.08. The standard InChI is InChI=1S/C23H21F3N2O4/c1-13-9-10-27-28(13)17-7-6-16(23(24,25)26)20(21(29)22(30)31-2)19(17)15-5-8-18-14(12-15)4-3-11-32-18/h5-10,12,21,29H,3-4,11H2,1-2H3. The topological polar surface area (TPSA) is 73.6 Å². The lowest BCUT2D eigenvalue weighted by Gasteiger charge is -2.24. The van der Waals surface area contributed by atoms with E-state index < -0.39 is 29.4 Å². The van der Waals surface area contributed by atoms with E-state index >= 15 is 0 Å². The molecular formula is C23H21F3N2O4. The van der Waals surface area contributed by atoms with E-state index in [1.54, 1.807) is 31.2 Å². The Kier molecular flexibility index (Phi) is 5.68. The first kappa shape index (κ1) is 21.9. The Morgan fingerprint density at radius 3 is 2.69 bits per heavy atom. The van der Waals surface area contributed by atoms with E-state index in [1.165, 1.54) is 16.9 Å². The van der Waals surface area contributed by atoms with Gasteiger partial charge in [-0.3, -0.25) is 0 Å². The van der Waals surface area contributed by atoms with Crippen LogP contribution in [0.15, 0.2) is 42.6 Å². The molecule has 1 N–H and O–H groups in total. The van der Waals surface area contributed by atoms with E-state index in [9.17, 15) is 23.1 Å². The van der Waals surface area contributed by atoms with Gasteiger partial charge >= 0.3 is 12.1 Å². The predicted molar refractivity (Wildman–Crippen MR) is 110 cm³/mol. The number of aryl methyl sites for hydroxylation is 2. The minimum atomic E-state index is -4.81. The van der Waals surface area contributed by atoms with Gasteiger partial charge in [0, 0.05) is 23.0 Å². The van der Waals surface area contributed by atoms with Crippen LogP contribution in [0.4, 0.5) is 13.2 Å². The number of hydrogen-bond acceptors (Lipinski definition) is 5. The molecule has 6 nitrogen and oxygen atoms in total. The van der Waals surface area contributed by atoms with Gasteiger partial charge in [0.25, 0.3) is 0 Å². The molecule has 168 valence electrons. The largest absolute Gasteiger partial charge is 0.493 e. The third kappa shape index (κ3) is 3.84. The van der Waals surface area contributed by atoms with Gasteiger partial charge in [-0.2, -0.15) is 18.3 Å². The van der Waals surface area contributed by atoms with E-state index in [4.69, 9.17) is 4.74 Å². The van der Waals surface area contributed by atoms with Crippen molar-refractivity contribution >= 4 is 5.97 Å². The van der Waals surface area contributed by atoms with Gasteiger partial charge < -0.3 is 14.6 Å². The van der Waals surface area contributed by atoms with Crippen LogP contribution < -0.4 is 4.74 Å². The third-order valence-corrected chi connectivity index (χ3v) is 5.48. The number of carbonyl (C=O) groups is 1. The number of hydrogen-bond donors (Lipinski definition) is 1. The van der Waals surface area contributed by atoms with Crippen LogP contribution in [-0.4, -0.2) is 34.6 Å². The number of aliphatic hydroxyl groups is 1. The Morgan fingerprint density at radius 2 is 2.03 bits per heavy atom. The van der Waals surface area contributed by atoms with Crippen LogP contribution in [0.3, 0.4) is 0 Å². The molecule has 9 heteroatoms. The van der Waals surface area contributed by atoms with Crippen molar-refractivity contribution in [2.24, 2.45) is 0 Å². The maximum Gasteiger partial charge on any atom is 0.416 e. The SMILES string of the molecule is COC(=O)C(O)c1c(C(F)(F)F)ccc(-n2nccc2C)c1-c1ccc2c(c1)CCCO2. The maximum absolute atomic E-state index is 14.0. The molecule has 1 unspecified atom stereocenters. The van der Waals surface area contributed by atoms with E-state index in [0.29, 0.717) is 35.7 Å². The molecule has 2 aromatic carbocycles. The number of rotatable bonds is 4. The van der Waals surface area contributed by atoms with Gasteiger partial charge in [0.2, 0.25) is 0 Å². The first-order valence-electron chi connectivity index (χ1n) is 9.99. The Bertz CT molecular complexity index is 1170. The monoisotopic (exact) mass is 446 g/mol. The molecule has 0 bridgehead atoms. The summed E-state index contributed by atoms with van der Waals surface area (Å²) in [7, 11) is 1.01. The summed E-state index contributed by atoms with van der Waals surface area (Å²) in [5.41, 5.74) is 0.580. The van der Waals surface area contributed by atoms with Crippen LogP contribution in [-0.2, 0) is 22.1 Å². The van der Waals surface area contributed by atoms with E-state index in [-0.39, 0.29) is 5.56 Å². The molecule has 0 spiro atoms. The van der Waals surface area contributed by atoms with Gasteiger partial charge in [-0.05, 0) is 61.2 Å². The highest BCUT2D eigenvalue weighted by atomic mass is 19.4. The number of aliphatic hydroxyl groups excluding tert-OH is 1. The molecule has 1 atom stereocenters. The van der Waals surface area contributed by atoms with E-state index in [1.807, 2.05) is 0 Å². The highest BCUT2D eigenvalue weighted by Gasteiger charge is 2.40. The fourth-order valence-corrected chi connectivity index (χ4v) is 3.99. The minimum absolute atomic E-state index is 0.0536. The Morgan fingerprint density at radius 1 is 1.25 bits per heavy atom. The van der Waals surface area contributed by atoms with Crippen molar-refractivity contribution in [1.29, 1.82) is 0 Å². The number of carbonyl (C=O) groups excluding carboxylic acids is 1. The second-order valence-electron chi connectivity index (χ2n) is 7.50. The molecule has 0 amide bonds. The molecule has 1 aliphatic heterocycles. The van der Waals surface area contributed by atoms with Gasteiger partial charge in [-0.15, -0.1) is 0 Å². The lowest BCUT2D eigenvalue weighted by molar-refractivity contribution is -0.152. The Labute approximate surface area is 182 Å². The van der Waals surface area contributed by atoms with Crippen LogP contribution in [0.5, 0.6) is 5.75 Å². The molecule has 0 saturated carbocycles. The smallest absolute Gasteiger partial charge is 0.416 e. The molecule has 4 rings (SSSR count). The summed E-state index contributed by atoms with van der Waals surface area (Å²) >= 11 is 0. The second-order valence-corrected chi connectivity index (χ2v) is 7.50. The predicted octanol–water partition coefficient (Wildman–Crippen LogP) is 4.40. The van der Waals surface area contributed by atoms with E-state index in [2.05, 4.69) is 9.84 Å². The molecule has 2 heterocycles. The summed E-state index contributed by atoms with van der Waals surface area (Å²) in [4.78, 5) is 12.2. The second kappa shape index (κ2) is 8.31. The third-order valence-electron chi connectivity index (χ3n) is 5.48. The van der Waals surface area contributed by atoms with Gasteiger partial charge in [0.05, 0.1) is 25.0 Å². The number of alkyl halides is 3. The highest BCUT2D eigenvalue weighted by Crippen LogP contribution is 2.44. The minimum Gasteiger partial charge on any atom is -0.493 e. The van der Waals surface area contributed by atoms with Crippen molar-refractivity contribution in [2.45, 2.75) is 32.0 Å². The van der Waals surface area contributed by atoms with Gasteiger partial charge in [0.15, 0.2) is 6.10 Å². The van der Waals surface area contributed by atoms with Crippen LogP contribution in [0.1, 0.15) is 34.9 Å². The van der Waals surface area contributed by atoms with Gasteiger partial charge in [-0.25, -0.2) is 9.48 Å². The summed E-state index contributed by atoms with van der Waals surface area (Å²) in [6.45, 7) is 2.32. The first-order chi connectivity index (χ1) is 15.2. The molecule has 0 saturated heterocycles. The molecule has 0 aliphatic carbocycles. The number of esters is 1. The number of ether oxygens (including phenoxy) is 2. The van der Waals surface area contributed by atoms with Crippen molar-refractivity contribution < 1.29 is 32.5 Å².